The average Bonchev–Trinajstić information content (AvgIpc) is 3.13. The molecule has 0 fully saturated rings. The van der Waals surface area contributed by atoms with E-state index in [1.807, 2.05) is 30.5 Å². The van der Waals surface area contributed by atoms with Crippen LogP contribution in [0.5, 0.6) is 0 Å². The van der Waals surface area contributed by atoms with Crippen molar-refractivity contribution in [1.29, 1.82) is 0 Å². The number of carbonyl (C=O) groups excluding carboxylic acids is 2. The molecule has 0 spiro atoms. The lowest BCUT2D eigenvalue weighted by Crippen LogP contribution is -2.22. The minimum Gasteiger partial charge on any atom is -0.309 e. The number of halogens is 1. The Kier molecular flexibility index (Phi) is 6.03. The first kappa shape index (κ1) is 21.4. The highest BCUT2D eigenvalue weighted by molar-refractivity contribution is 7.12. The number of rotatable bonds is 4. The lowest BCUT2D eigenvalue weighted by atomic mass is 9.81. The van der Waals surface area contributed by atoms with Gasteiger partial charge in [0.05, 0.1) is 5.71 Å². The summed E-state index contributed by atoms with van der Waals surface area (Å²) in [5.74, 6) is 0.142. The van der Waals surface area contributed by atoms with Gasteiger partial charge in [-0.25, -0.2) is 4.99 Å². The number of allylic oxidation sites excluding steroid dienone is 4. The Hall–Kier alpha value is -2.34. The van der Waals surface area contributed by atoms with Gasteiger partial charge in [0.25, 0.3) is 5.91 Å². The number of fused-ring (bicyclic) bond motifs is 3. The summed E-state index contributed by atoms with van der Waals surface area (Å²) in [4.78, 5) is 32.4. The molecule has 4 nitrogen and oxygen atoms in total. The van der Waals surface area contributed by atoms with Crippen LogP contribution in [0.15, 0.2) is 52.4 Å². The van der Waals surface area contributed by atoms with Crippen molar-refractivity contribution in [3.8, 4) is 0 Å². The summed E-state index contributed by atoms with van der Waals surface area (Å²) in [5.41, 5.74) is 5.70. The van der Waals surface area contributed by atoms with Crippen molar-refractivity contribution in [3.63, 3.8) is 0 Å². The molecule has 6 heteroatoms. The van der Waals surface area contributed by atoms with Gasteiger partial charge < -0.3 is 4.90 Å². The minimum atomic E-state index is -0.224. The predicted octanol–water partition coefficient (Wildman–Crippen LogP) is 4.87. The Labute approximate surface area is 181 Å². The third-order valence-corrected chi connectivity index (χ3v) is 6.11. The second-order valence-electron chi connectivity index (χ2n) is 7.66. The van der Waals surface area contributed by atoms with Crippen LogP contribution >= 0.6 is 23.7 Å². The fourth-order valence-corrected chi connectivity index (χ4v) is 4.71. The van der Waals surface area contributed by atoms with E-state index < -0.39 is 0 Å². The molecule has 1 aliphatic heterocycles. The summed E-state index contributed by atoms with van der Waals surface area (Å²) >= 11 is 1.37. The summed E-state index contributed by atoms with van der Waals surface area (Å²) in [6, 6.07) is 10.1. The second-order valence-corrected chi connectivity index (χ2v) is 8.57. The van der Waals surface area contributed by atoms with Crippen LogP contribution in [0.25, 0.3) is 11.1 Å². The van der Waals surface area contributed by atoms with Crippen LogP contribution in [0.3, 0.4) is 0 Å². The van der Waals surface area contributed by atoms with E-state index in [9.17, 15) is 9.59 Å². The number of hydrogen-bond acceptors (Lipinski definition) is 4. The van der Waals surface area contributed by atoms with Crippen molar-refractivity contribution in [2.24, 2.45) is 4.99 Å². The SMILES string of the molecule is CC1=CC(=O)C(c2ccc([C@@H](C)CN(C)C)cc2)=C2C1=NC(=O)c1sccc12.Cl. The molecule has 2 aromatic rings. The number of likely N-dealkylation sites (N-methyl/N-ethyl adjacent to an activating group) is 1. The van der Waals surface area contributed by atoms with Gasteiger partial charge >= 0.3 is 0 Å². The third kappa shape index (κ3) is 3.78. The van der Waals surface area contributed by atoms with E-state index in [0.29, 0.717) is 22.1 Å². The summed E-state index contributed by atoms with van der Waals surface area (Å²) in [6.07, 6.45) is 1.59. The summed E-state index contributed by atoms with van der Waals surface area (Å²) in [5, 5.41) is 1.88. The van der Waals surface area contributed by atoms with E-state index in [4.69, 9.17) is 0 Å². The first-order valence-electron chi connectivity index (χ1n) is 9.30. The second kappa shape index (κ2) is 8.19. The van der Waals surface area contributed by atoms with E-state index in [-0.39, 0.29) is 24.1 Å². The zero-order valence-electron chi connectivity index (χ0n) is 16.9. The van der Waals surface area contributed by atoms with Gasteiger partial charge in [0.15, 0.2) is 5.78 Å². The maximum absolute atomic E-state index is 13.0. The zero-order valence-corrected chi connectivity index (χ0v) is 18.5. The molecule has 4 rings (SSSR count). The molecule has 0 unspecified atom stereocenters. The molecule has 29 heavy (non-hydrogen) atoms. The number of nitrogens with zero attached hydrogens (tertiary/aromatic N) is 2. The summed E-state index contributed by atoms with van der Waals surface area (Å²) < 4.78 is 0. The van der Waals surface area contributed by atoms with E-state index in [2.05, 4.69) is 43.0 Å². The van der Waals surface area contributed by atoms with Crippen LogP contribution in [0.1, 0.15) is 46.1 Å². The van der Waals surface area contributed by atoms with Gasteiger partial charge in [0.1, 0.15) is 4.88 Å². The van der Waals surface area contributed by atoms with Gasteiger partial charge in [-0.1, -0.05) is 31.2 Å². The Morgan fingerprint density at radius 3 is 2.41 bits per heavy atom. The number of aliphatic imine (C=N–C) groups is 1. The number of amides is 1. The van der Waals surface area contributed by atoms with Gasteiger partial charge in [-0.15, -0.1) is 23.7 Å². The lowest BCUT2D eigenvalue weighted by Gasteiger charge is -2.24. The number of ketones is 1. The van der Waals surface area contributed by atoms with Crippen molar-refractivity contribution >= 4 is 52.3 Å². The van der Waals surface area contributed by atoms with Gasteiger partial charge in [-0.05, 0) is 61.2 Å². The van der Waals surface area contributed by atoms with E-state index in [1.54, 1.807) is 6.08 Å². The fraction of sp³-hybridized carbons (Fsp3) is 0.261. The van der Waals surface area contributed by atoms with Gasteiger partial charge in [0, 0.05) is 23.3 Å². The van der Waals surface area contributed by atoms with Crippen LogP contribution < -0.4 is 0 Å². The minimum absolute atomic E-state index is 0. The molecule has 0 radical (unpaired) electrons. The van der Waals surface area contributed by atoms with E-state index in [1.165, 1.54) is 16.9 Å². The number of thiophene rings is 1. The van der Waals surface area contributed by atoms with Crippen LogP contribution in [0, 0.1) is 0 Å². The van der Waals surface area contributed by atoms with Crippen molar-refractivity contribution in [2.45, 2.75) is 19.8 Å². The fourth-order valence-electron chi connectivity index (χ4n) is 3.92. The first-order chi connectivity index (χ1) is 13.4. The highest BCUT2D eigenvalue weighted by Crippen LogP contribution is 2.40. The monoisotopic (exact) mass is 426 g/mol. The van der Waals surface area contributed by atoms with Crippen molar-refractivity contribution < 1.29 is 9.59 Å². The quantitative estimate of drug-likeness (QED) is 0.655. The first-order valence-corrected chi connectivity index (χ1v) is 10.2. The third-order valence-electron chi connectivity index (χ3n) is 5.20. The highest BCUT2D eigenvalue weighted by atomic mass is 35.5. The zero-order chi connectivity index (χ0) is 20.0. The van der Waals surface area contributed by atoms with Crippen molar-refractivity contribution in [3.05, 3.63) is 68.9 Å². The van der Waals surface area contributed by atoms with Gasteiger partial charge in [-0.2, -0.15) is 0 Å². The molecule has 2 aliphatic rings. The number of benzene rings is 1. The van der Waals surface area contributed by atoms with Crippen molar-refractivity contribution in [1.82, 2.24) is 4.90 Å². The van der Waals surface area contributed by atoms with E-state index in [0.717, 1.165) is 28.8 Å². The summed E-state index contributed by atoms with van der Waals surface area (Å²) in [7, 11) is 4.13. The Bertz CT molecular complexity index is 1070. The summed E-state index contributed by atoms with van der Waals surface area (Å²) in [6.45, 7) is 5.00. The molecule has 1 aliphatic carbocycles. The van der Waals surface area contributed by atoms with E-state index >= 15 is 0 Å². The van der Waals surface area contributed by atoms with Crippen LogP contribution in [-0.4, -0.2) is 42.9 Å². The normalized spacial score (nSPS) is 16.7. The largest absolute Gasteiger partial charge is 0.309 e. The maximum atomic E-state index is 13.0. The molecule has 0 N–H and O–H groups in total. The molecule has 1 amide bonds. The molecule has 0 saturated heterocycles. The Morgan fingerprint density at radius 2 is 1.76 bits per heavy atom. The molecule has 2 heterocycles. The lowest BCUT2D eigenvalue weighted by molar-refractivity contribution is -0.109. The molecule has 0 saturated carbocycles. The standard InChI is InChI=1S/C23H22N2O2S.ClH/c1-13-11-18(26)19(16-7-5-15(6-8-16)14(2)12-25(3)4)20-17-9-10-28-22(17)23(27)24-21(13)20;/h5-11,14H,12H2,1-4H3;1H/t14-;/m0./s1. The maximum Gasteiger partial charge on any atom is 0.288 e. The van der Waals surface area contributed by atoms with Crippen molar-refractivity contribution in [2.75, 3.05) is 20.6 Å². The smallest absolute Gasteiger partial charge is 0.288 e. The van der Waals surface area contributed by atoms with Gasteiger partial charge in [-0.3, -0.25) is 9.59 Å². The Morgan fingerprint density at radius 1 is 1.07 bits per heavy atom. The molecular formula is C23H23ClN2O2S. The number of carbonyl (C=O) groups is 2. The number of hydrogen-bond donors (Lipinski definition) is 0. The molecular weight excluding hydrogens is 404 g/mol. The molecule has 1 aromatic heterocycles. The Balaban J connectivity index is 0.00000240. The average molecular weight is 427 g/mol. The molecule has 1 atom stereocenters. The van der Waals surface area contributed by atoms with Crippen LogP contribution in [0.2, 0.25) is 0 Å². The van der Waals surface area contributed by atoms with Gasteiger partial charge in [0.2, 0.25) is 0 Å². The van der Waals surface area contributed by atoms with Crippen LogP contribution in [0.4, 0.5) is 0 Å². The molecule has 150 valence electrons. The van der Waals surface area contributed by atoms with Crippen LogP contribution in [-0.2, 0) is 4.79 Å². The topological polar surface area (TPSA) is 49.7 Å². The molecule has 1 aromatic carbocycles. The predicted molar refractivity (Wildman–Crippen MR) is 122 cm³/mol. The molecule has 0 bridgehead atoms. The highest BCUT2D eigenvalue weighted by Gasteiger charge is 2.33.